The molecular weight excluding hydrogens is 308 g/mol. The maximum atomic E-state index is 12.6. The molecule has 1 atom stereocenters. The number of nitrogens with zero attached hydrogens (tertiary/aromatic N) is 4. The van der Waals surface area contributed by atoms with Crippen LogP contribution in [0.4, 0.5) is 0 Å². The summed E-state index contributed by atoms with van der Waals surface area (Å²) in [6, 6.07) is 7.34. The predicted octanol–water partition coefficient (Wildman–Crippen LogP) is 1.59. The number of hydrogen-bond donors (Lipinski definition) is 1. The fourth-order valence-corrected chi connectivity index (χ4v) is 3.70. The maximum Gasteiger partial charge on any atom is 0.307 e. The van der Waals surface area contributed by atoms with Gasteiger partial charge in [0.2, 0.25) is 0 Å². The number of piperidine rings is 1. The molecule has 124 valence electrons. The number of hydrogen-bond acceptors (Lipinski definition) is 4. The van der Waals surface area contributed by atoms with Gasteiger partial charge in [-0.25, -0.2) is 0 Å². The highest BCUT2D eigenvalue weighted by atomic mass is 16.4. The molecule has 7 nitrogen and oxygen atoms in total. The van der Waals surface area contributed by atoms with E-state index in [4.69, 9.17) is 5.11 Å². The molecule has 0 bridgehead atoms. The number of carbonyl (C=O) groups is 2. The minimum Gasteiger partial charge on any atom is -0.481 e. The number of rotatable bonds is 3. The van der Waals surface area contributed by atoms with Gasteiger partial charge in [0.15, 0.2) is 0 Å². The number of likely N-dealkylation sites (tertiary alicyclic amines) is 1. The maximum absolute atomic E-state index is 12.6. The molecule has 2 aliphatic rings. The molecule has 1 aromatic carbocycles. The third-order valence-corrected chi connectivity index (χ3v) is 5.37. The van der Waals surface area contributed by atoms with Crippen molar-refractivity contribution in [2.24, 2.45) is 11.3 Å². The number of aromatic nitrogens is 3. The van der Waals surface area contributed by atoms with Crippen molar-refractivity contribution < 1.29 is 14.7 Å². The average molecular weight is 326 g/mol. The Bertz CT molecular complexity index is 762. The smallest absolute Gasteiger partial charge is 0.307 e. The fourth-order valence-electron chi connectivity index (χ4n) is 3.70. The Kier molecular flexibility index (Phi) is 3.37. The number of amides is 1. The molecule has 1 amide bonds. The molecular formula is C17H18N4O3. The second-order valence-corrected chi connectivity index (χ2v) is 6.67. The van der Waals surface area contributed by atoms with E-state index in [1.807, 2.05) is 17.0 Å². The minimum absolute atomic E-state index is 0.00711. The number of aliphatic carboxylic acids is 1. The zero-order valence-corrected chi connectivity index (χ0v) is 13.1. The average Bonchev–Trinajstić information content (AvgIpc) is 3.05. The Morgan fingerprint density at radius 1 is 1.08 bits per heavy atom. The van der Waals surface area contributed by atoms with Crippen LogP contribution in [0.15, 0.2) is 36.9 Å². The first kappa shape index (κ1) is 14.9. The van der Waals surface area contributed by atoms with Crippen LogP contribution in [0.25, 0.3) is 5.69 Å². The van der Waals surface area contributed by atoms with Crippen LogP contribution in [0.3, 0.4) is 0 Å². The van der Waals surface area contributed by atoms with Crippen LogP contribution in [-0.2, 0) is 4.79 Å². The Morgan fingerprint density at radius 3 is 2.25 bits per heavy atom. The van der Waals surface area contributed by atoms with Gasteiger partial charge < -0.3 is 10.0 Å². The van der Waals surface area contributed by atoms with Gasteiger partial charge in [-0.1, -0.05) is 0 Å². The predicted molar refractivity (Wildman–Crippen MR) is 84.7 cm³/mol. The van der Waals surface area contributed by atoms with Crippen molar-refractivity contribution >= 4 is 11.9 Å². The summed E-state index contributed by atoms with van der Waals surface area (Å²) in [5.74, 6) is -0.898. The summed E-state index contributed by atoms with van der Waals surface area (Å²) in [5.41, 5.74) is 1.49. The van der Waals surface area contributed by atoms with E-state index in [1.165, 1.54) is 0 Å². The molecule has 1 unspecified atom stereocenters. The topological polar surface area (TPSA) is 88.3 Å². The SMILES string of the molecule is O=C(O)C1CC12CCN(C(=O)c1ccc(-n3cnnc3)cc1)CC2. The molecule has 1 aliphatic heterocycles. The zero-order chi connectivity index (χ0) is 16.7. The number of carboxylic acids is 1. The lowest BCUT2D eigenvalue weighted by Gasteiger charge is -2.32. The van der Waals surface area contributed by atoms with Crippen LogP contribution in [0.2, 0.25) is 0 Å². The molecule has 24 heavy (non-hydrogen) atoms. The Hall–Kier alpha value is -2.70. The third-order valence-electron chi connectivity index (χ3n) is 5.37. The standard InChI is InChI=1S/C17H18N4O3/c22-15(12-1-3-13(4-2-12)21-10-18-19-11-21)20-7-5-17(6-8-20)9-14(17)16(23)24/h1-4,10-11,14H,5-9H2,(H,23,24). The highest BCUT2D eigenvalue weighted by Crippen LogP contribution is 2.59. The van der Waals surface area contributed by atoms with E-state index in [-0.39, 0.29) is 17.2 Å². The van der Waals surface area contributed by atoms with Crippen molar-refractivity contribution in [1.29, 1.82) is 0 Å². The van der Waals surface area contributed by atoms with Gasteiger partial charge in [-0.3, -0.25) is 14.2 Å². The van der Waals surface area contributed by atoms with E-state index in [0.717, 1.165) is 24.9 Å². The molecule has 4 rings (SSSR count). The van der Waals surface area contributed by atoms with Crippen molar-refractivity contribution in [1.82, 2.24) is 19.7 Å². The van der Waals surface area contributed by atoms with Crippen LogP contribution in [0, 0.1) is 11.3 Å². The van der Waals surface area contributed by atoms with Crippen molar-refractivity contribution in [3.05, 3.63) is 42.5 Å². The molecule has 1 saturated carbocycles. The summed E-state index contributed by atoms with van der Waals surface area (Å²) in [7, 11) is 0. The molecule has 0 radical (unpaired) electrons. The van der Waals surface area contributed by atoms with Crippen molar-refractivity contribution in [2.45, 2.75) is 19.3 Å². The van der Waals surface area contributed by atoms with E-state index in [9.17, 15) is 9.59 Å². The van der Waals surface area contributed by atoms with E-state index < -0.39 is 5.97 Å². The van der Waals surface area contributed by atoms with Gasteiger partial charge in [-0.2, -0.15) is 0 Å². The molecule has 2 heterocycles. The molecule has 2 aromatic rings. The molecule has 1 aromatic heterocycles. The normalized spacial score (nSPS) is 21.7. The first-order chi connectivity index (χ1) is 11.6. The van der Waals surface area contributed by atoms with Crippen LogP contribution in [0.1, 0.15) is 29.6 Å². The summed E-state index contributed by atoms with van der Waals surface area (Å²) < 4.78 is 1.78. The largest absolute Gasteiger partial charge is 0.481 e. The van der Waals surface area contributed by atoms with Gasteiger partial charge in [0.25, 0.3) is 5.91 Å². The van der Waals surface area contributed by atoms with E-state index in [0.29, 0.717) is 18.7 Å². The van der Waals surface area contributed by atoms with Crippen molar-refractivity contribution in [3.63, 3.8) is 0 Å². The third kappa shape index (κ3) is 2.46. The lowest BCUT2D eigenvalue weighted by molar-refractivity contribution is -0.139. The molecule has 1 N–H and O–H groups in total. The fraction of sp³-hybridized carbons (Fsp3) is 0.412. The second kappa shape index (κ2) is 5.43. The lowest BCUT2D eigenvalue weighted by Crippen LogP contribution is -2.40. The highest BCUT2D eigenvalue weighted by Gasteiger charge is 2.59. The van der Waals surface area contributed by atoms with E-state index >= 15 is 0 Å². The monoisotopic (exact) mass is 326 g/mol. The van der Waals surface area contributed by atoms with E-state index in [1.54, 1.807) is 29.4 Å². The summed E-state index contributed by atoms with van der Waals surface area (Å²) in [6.45, 7) is 1.27. The molecule has 2 fully saturated rings. The van der Waals surface area contributed by atoms with E-state index in [2.05, 4.69) is 10.2 Å². The number of carbonyl (C=O) groups excluding carboxylic acids is 1. The zero-order valence-electron chi connectivity index (χ0n) is 13.1. The van der Waals surface area contributed by atoms with Gasteiger partial charge in [0.05, 0.1) is 5.92 Å². The Labute approximate surface area is 138 Å². The summed E-state index contributed by atoms with van der Waals surface area (Å²) in [5, 5.41) is 16.7. The van der Waals surface area contributed by atoms with Crippen LogP contribution in [0.5, 0.6) is 0 Å². The van der Waals surface area contributed by atoms with Crippen LogP contribution < -0.4 is 0 Å². The first-order valence-electron chi connectivity index (χ1n) is 8.06. The molecule has 1 aliphatic carbocycles. The van der Waals surface area contributed by atoms with Gasteiger partial charge in [-0.15, -0.1) is 10.2 Å². The highest BCUT2D eigenvalue weighted by molar-refractivity contribution is 5.94. The number of benzene rings is 1. The van der Waals surface area contributed by atoms with Gasteiger partial charge >= 0.3 is 5.97 Å². The Balaban J connectivity index is 1.41. The van der Waals surface area contributed by atoms with Crippen molar-refractivity contribution in [3.8, 4) is 5.69 Å². The molecule has 7 heteroatoms. The Morgan fingerprint density at radius 2 is 1.71 bits per heavy atom. The molecule has 1 spiro atoms. The van der Waals surface area contributed by atoms with Crippen LogP contribution >= 0.6 is 0 Å². The number of carboxylic acid groups (broad SMARTS) is 1. The molecule has 1 saturated heterocycles. The lowest BCUT2D eigenvalue weighted by atomic mass is 9.90. The summed E-state index contributed by atoms with van der Waals surface area (Å²) >= 11 is 0. The summed E-state index contributed by atoms with van der Waals surface area (Å²) in [4.78, 5) is 25.6. The van der Waals surface area contributed by atoms with Gasteiger partial charge in [-0.05, 0) is 48.9 Å². The minimum atomic E-state index is -0.695. The first-order valence-corrected chi connectivity index (χ1v) is 8.06. The van der Waals surface area contributed by atoms with Gasteiger partial charge in [0, 0.05) is 24.3 Å². The van der Waals surface area contributed by atoms with Crippen molar-refractivity contribution in [2.75, 3.05) is 13.1 Å². The summed E-state index contributed by atoms with van der Waals surface area (Å²) in [6.07, 6.45) is 5.55. The van der Waals surface area contributed by atoms with Crippen LogP contribution in [-0.4, -0.2) is 49.7 Å². The van der Waals surface area contributed by atoms with Gasteiger partial charge in [0.1, 0.15) is 12.7 Å². The second-order valence-electron chi connectivity index (χ2n) is 6.67. The quantitative estimate of drug-likeness (QED) is 0.925.